The molecule has 0 aliphatic heterocycles. The van der Waals surface area contributed by atoms with Crippen LogP contribution in [0.25, 0.3) is 0 Å². The van der Waals surface area contributed by atoms with Gasteiger partial charge in [0, 0.05) is 10.4 Å². The summed E-state index contributed by atoms with van der Waals surface area (Å²) < 4.78 is 0. The van der Waals surface area contributed by atoms with Gasteiger partial charge in [0.25, 0.3) is 0 Å². The van der Waals surface area contributed by atoms with Crippen LogP contribution in [0.2, 0.25) is 5.02 Å². The summed E-state index contributed by atoms with van der Waals surface area (Å²) in [7, 11) is 0. The van der Waals surface area contributed by atoms with Gasteiger partial charge in [-0.2, -0.15) is 0 Å². The molecular formula is C11H14BrCl. The monoisotopic (exact) mass is 260 g/mol. The molecule has 72 valence electrons. The summed E-state index contributed by atoms with van der Waals surface area (Å²) in [6.45, 7) is 2.22. The van der Waals surface area contributed by atoms with Crippen molar-refractivity contribution in [1.29, 1.82) is 0 Å². The molecule has 0 saturated carbocycles. The summed E-state index contributed by atoms with van der Waals surface area (Å²) >= 11 is 9.42. The van der Waals surface area contributed by atoms with E-state index in [4.69, 9.17) is 11.6 Å². The van der Waals surface area contributed by atoms with Gasteiger partial charge in [-0.1, -0.05) is 53.0 Å². The molecular weight excluding hydrogens is 247 g/mol. The van der Waals surface area contributed by atoms with Crippen LogP contribution in [0.15, 0.2) is 24.3 Å². The minimum Gasteiger partial charge on any atom is -0.0925 e. The standard InChI is InChI=1S/C11H14BrCl/c1-2-9(8-12)6-10-4-3-5-11(13)7-10/h3-5,7,9H,2,6,8H2,1H3. The van der Waals surface area contributed by atoms with Crippen LogP contribution in [0, 0.1) is 5.92 Å². The van der Waals surface area contributed by atoms with E-state index in [2.05, 4.69) is 28.9 Å². The van der Waals surface area contributed by atoms with E-state index in [1.807, 2.05) is 18.2 Å². The van der Waals surface area contributed by atoms with E-state index in [-0.39, 0.29) is 0 Å². The molecule has 1 aromatic rings. The average molecular weight is 262 g/mol. The van der Waals surface area contributed by atoms with E-state index >= 15 is 0 Å². The Balaban J connectivity index is 2.62. The summed E-state index contributed by atoms with van der Waals surface area (Å²) in [6.07, 6.45) is 2.32. The topological polar surface area (TPSA) is 0 Å². The highest BCUT2D eigenvalue weighted by Gasteiger charge is 2.05. The van der Waals surface area contributed by atoms with Gasteiger partial charge in [0.05, 0.1) is 0 Å². The van der Waals surface area contributed by atoms with Gasteiger partial charge in [0.2, 0.25) is 0 Å². The van der Waals surface area contributed by atoms with Crippen LogP contribution in [-0.4, -0.2) is 5.33 Å². The molecule has 0 nitrogen and oxygen atoms in total. The van der Waals surface area contributed by atoms with Gasteiger partial charge in [-0.25, -0.2) is 0 Å². The Morgan fingerprint density at radius 2 is 2.23 bits per heavy atom. The van der Waals surface area contributed by atoms with Crippen molar-refractivity contribution in [2.75, 3.05) is 5.33 Å². The first-order chi connectivity index (χ1) is 6.26. The number of hydrogen-bond donors (Lipinski definition) is 0. The van der Waals surface area contributed by atoms with Crippen LogP contribution in [0.4, 0.5) is 0 Å². The van der Waals surface area contributed by atoms with Gasteiger partial charge in [-0.15, -0.1) is 0 Å². The lowest BCUT2D eigenvalue weighted by Crippen LogP contribution is -2.04. The second kappa shape index (κ2) is 5.66. The molecule has 13 heavy (non-hydrogen) atoms. The van der Waals surface area contributed by atoms with Crippen LogP contribution in [0.1, 0.15) is 18.9 Å². The minimum atomic E-state index is 0.721. The summed E-state index contributed by atoms with van der Waals surface area (Å²) in [6, 6.07) is 8.11. The Hall–Kier alpha value is -0.0100. The van der Waals surface area contributed by atoms with Gasteiger partial charge in [-0.05, 0) is 30.0 Å². The lowest BCUT2D eigenvalue weighted by molar-refractivity contribution is 0.574. The van der Waals surface area contributed by atoms with Crippen molar-refractivity contribution < 1.29 is 0 Å². The van der Waals surface area contributed by atoms with Crippen molar-refractivity contribution in [1.82, 2.24) is 0 Å². The number of rotatable bonds is 4. The van der Waals surface area contributed by atoms with Crippen molar-refractivity contribution in [3.63, 3.8) is 0 Å². The van der Waals surface area contributed by atoms with Crippen LogP contribution >= 0.6 is 27.5 Å². The Kier molecular flexibility index (Phi) is 4.82. The molecule has 0 aliphatic rings. The zero-order valence-corrected chi connectivity index (χ0v) is 10.1. The lowest BCUT2D eigenvalue weighted by Gasteiger charge is -2.10. The van der Waals surface area contributed by atoms with E-state index in [9.17, 15) is 0 Å². The molecule has 0 spiro atoms. The van der Waals surface area contributed by atoms with Crippen LogP contribution < -0.4 is 0 Å². The molecule has 1 aromatic carbocycles. The SMILES string of the molecule is CCC(CBr)Cc1cccc(Cl)c1. The third-order valence-corrected chi connectivity index (χ3v) is 3.36. The highest BCUT2D eigenvalue weighted by Crippen LogP contribution is 2.17. The third-order valence-electron chi connectivity index (χ3n) is 2.21. The lowest BCUT2D eigenvalue weighted by atomic mass is 9.99. The average Bonchev–Trinajstić information content (AvgIpc) is 2.14. The Bertz CT molecular complexity index is 256. The first-order valence-electron chi connectivity index (χ1n) is 4.56. The van der Waals surface area contributed by atoms with E-state index in [1.165, 1.54) is 12.0 Å². The van der Waals surface area contributed by atoms with E-state index in [1.54, 1.807) is 0 Å². The maximum Gasteiger partial charge on any atom is 0.0408 e. The first kappa shape index (κ1) is 11.1. The smallest absolute Gasteiger partial charge is 0.0408 e. The fourth-order valence-electron chi connectivity index (χ4n) is 1.31. The predicted molar refractivity (Wildman–Crippen MR) is 62.7 cm³/mol. The van der Waals surface area contributed by atoms with Crippen molar-refractivity contribution in [3.05, 3.63) is 34.9 Å². The fraction of sp³-hybridized carbons (Fsp3) is 0.455. The number of alkyl halides is 1. The molecule has 1 rings (SSSR count). The van der Waals surface area contributed by atoms with Gasteiger partial charge < -0.3 is 0 Å². The third kappa shape index (κ3) is 3.70. The maximum absolute atomic E-state index is 5.90. The van der Waals surface area contributed by atoms with Gasteiger partial charge >= 0.3 is 0 Å². The van der Waals surface area contributed by atoms with Crippen molar-refractivity contribution in [2.45, 2.75) is 19.8 Å². The van der Waals surface area contributed by atoms with E-state index in [0.29, 0.717) is 0 Å². The van der Waals surface area contributed by atoms with Crippen LogP contribution in [0.5, 0.6) is 0 Å². The second-order valence-electron chi connectivity index (χ2n) is 3.26. The molecule has 0 aliphatic carbocycles. The Labute approximate surface area is 93.4 Å². The normalized spacial score (nSPS) is 12.8. The molecule has 0 N–H and O–H groups in total. The molecule has 0 heterocycles. The zero-order chi connectivity index (χ0) is 9.68. The highest BCUT2D eigenvalue weighted by atomic mass is 79.9. The number of benzene rings is 1. The van der Waals surface area contributed by atoms with E-state index < -0.39 is 0 Å². The van der Waals surface area contributed by atoms with Crippen LogP contribution in [0.3, 0.4) is 0 Å². The molecule has 0 amide bonds. The van der Waals surface area contributed by atoms with Crippen LogP contribution in [-0.2, 0) is 6.42 Å². The summed E-state index contributed by atoms with van der Waals surface area (Å²) in [5, 5.41) is 1.90. The summed E-state index contributed by atoms with van der Waals surface area (Å²) in [5.41, 5.74) is 1.33. The second-order valence-corrected chi connectivity index (χ2v) is 4.35. The number of hydrogen-bond acceptors (Lipinski definition) is 0. The maximum atomic E-state index is 5.90. The van der Waals surface area contributed by atoms with Crippen molar-refractivity contribution in [2.24, 2.45) is 5.92 Å². The van der Waals surface area contributed by atoms with Gasteiger partial charge in [0.15, 0.2) is 0 Å². The Morgan fingerprint density at radius 1 is 1.46 bits per heavy atom. The molecule has 0 radical (unpaired) electrons. The minimum absolute atomic E-state index is 0.721. The van der Waals surface area contributed by atoms with Gasteiger partial charge in [0.1, 0.15) is 0 Å². The molecule has 2 heteroatoms. The summed E-state index contributed by atoms with van der Waals surface area (Å²) in [5.74, 6) is 0.721. The first-order valence-corrected chi connectivity index (χ1v) is 6.06. The Morgan fingerprint density at radius 3 is 2.77 bits per heavy atom. The molecule has 0 saturated heterocycles. The summed E-state index contributed by atoms with van der Waals surface area (Å²) in [4.78, 5) is 0. The fourth-order valence-corrected chi connectivity index (χ4v) is 2.20. The predicted octanol–water partition coefficient (Wildman–Crippen LogP) is 4.30. The zero-order valence-electron chi connectivity index (χ0n) is 7.76. The van der Waals surface area contributed by atoms with Crippen molar-refractivity contribution in [3.8, 4) is 0 Å². The molecule has 0 aromatic heterocycles. The molecule has 1 atom stereocenters. The molecule has 1 unspecified atom stereocenters. The largest absolute Gasteiger partial charge is 0.0925 e. The van der Waals surface area contributed by atoms with Gasteiger partial charge in [-0.3, -0.25) is 0 Å². The quantitative estimate of drug-likeness (QED) is 0.709. The van der Waals surface area contributed by atoms with E-state index in [0.717, 1.165) is 22.7 Å². The molecule has 0 bridgehead atoms. The van der Waals surface area contributed by atoms with Crippen molar-refractivity contribution >= 4 is 27.5 Å². The molecule has 0 fully saturated rings. The number of halogens is 2. The highest BCUT2D eigenvalue weighted by molar-refractivity contribution is 9.09.